The number of halogens is 3. The average Bonchev–Trinajstić information content (AvgIpc) is 2.91. The summed E-state index contributed by atoms with van der Waals surface area (Å²) in [6.45, 7) is 4.29. The number of aromatic nitrogens is 2. The van der Waals surface area contributed by atoms with Crippen molar-refractivity contribution in [3.05, 3.63) is 100 Å². The Labute approximate surface area is 260 Å². The van der Waals surface area contributed by atoms with Crippen molar-refractivity contribution in [2.45, 2.75) is 20.0 Å². The van der Waals surface area contributed by atoms with Gasteiger partial charge in [0.15, 0.2) is 5.56 Å². The van der Waals surface area contributed by atoms with Gasteiger partial charge in [0.05, 0.1) is 16.4 Å². The molecule has 0 spiro atoms. The van der Waals surface area contributed by atoms with Gasteiger partial charge in [-0.25, -0.2) is 4.79 Å². The van der Waals surface area contributed by atoms with Crippen molar-refractivity contribution in [1.29, 1.82) is 0 Å². The first-order chi connectivity index (χ1) is 18.1. The first-order valence-electron chi connectivity index (χ1n) is 11.5. The molecule has 1 N–H and O–H groups in total. The third kappa shape index (κ3) is 5.20. The van der Waals surface area contributed by atoms with Crippen molar-refractivity contribution >= 4 is 49.3 Å². The monoisotopic (exact) mass is 669 g/mol. The Hall–Kier alpha value is -3.21. The van der Waals surface area contributed by atoms with Crippen LogP contribution >= 0.6 is 0 Å². The van der Waals surface area contributed by atoms with E-state index >= 15 is 0 Å². The summed E-state index contributed by atoms with van der Waals surface area (Å²) >= 11 is 0. The second-order valence-corrected chi connectivity index (χ2v) is 8.65. The van der Waals surface area contributed by atoms with Gasteiger partial charge in [-0.1, -0.05) is 42.5 Å². The third-order valence-corrected chi connectivity index (χ3v) is 6.47. The SMILES string of the molecule is Cc1c(C)c2cccnc2c2ncccc12.O=C(c1c(O)c2ccc3ccccc3c2oc1=O)C(F)(F)F.[Eu]. The predicted molar refractivity (Wildman–Crippen MR) is 139 cm³/mol. The zero-order valence-corrected chi connectivity index (χ0v) is 22.9. The number of carbonyl (C=O) groups excluding carboxylic acids is 1. The summed E-state index contributed by atoms with van der Waals surface area (Å²) in [7, 11) is 0. The van der Waals surface area contributed by atoms with Crippen molar-refractivity contribution in [2.75, 3.05) is 0 Å². The molecule has 0 saturated heterocycles. The van der Waals surface area contributed by atoms with Crippen molar-refractivity contribution in [3.63, 3.8) is 0 Å². The van der Waals surface area contributed by atoms with Crippen LogP contribution < -0.4 is 5.63 Å². The van der Waals surface area contributed by atoms with Gasteiger partial charge in [-0.15, -0.1) is 0 Å². The number of benzene rings is 3. The van der Waals surface area contributed by atoms with Crippen molar-refractivity contribution in [1.82, 2.24) is 9.97 Å². The van der Waals surface area contributed by atoms with Crippen LogP contribution in [0.15, 0.2) is 82.3 Å². The number of nitrogens with zero attached hydrogens (tertiary/aromatic N) is 2. The quantitative estimate of drug-likeness (QED) is 0.118. The first kappa shape index (κ1) is 28.8. The number of pyridine rings is 2. The van der Waals surface area contributed by atoms with E-state index in [9.17, 15) is 27.9 Å². The van der Waals surface area contributed by atoms with Crippen LogP contribution in [-0.4, -0.2) is 27.0 Å². The Bertz CT molecular complexity index is 1890. The number of fused-ring (bicyclic) bond motifs is 6. The van der Waals surface area contributed by atoms with Crippen LogP contribution in [0.4, 0.5) is 13.2 Å². The van der Waals surface area contributed by atoms with Crippen LogP contribution in [0.25, 0.3) is 43.5 Å². The largest absolute Gasteiger partial charge is 0.506 e. The number of ketones is 1. The number of aromatic hydroxyl groups is 1. The van der Waals surface area contributed by atoms with Gasteiger partial charge in [0.1, 0.15) is 11.3 Å². The minimum Gasteiger partial charge on any atom is -0.506 e. The van der Waals surface area contributed by atoms with Gasteiger partial charge in [0.2, 0.25) is 0 Å². The molecule has 0 aliphatic rings. The number of aryl methyl sites for hydroxylation is 2. The molecule has 0 aliphatic heterocycles. The summed E-state index contributed by atoms with van der Waals surface area (Å²) in [5.41, 5.74) is 1.59. The maximum absolute atomic E-state index is 12.5. The van der Waals surface area contributed by atoms with E-state index < -0.39 is 28.9 Å². The normalized spacial score (nSPS) is 11.3. The van der Waals surface area contributed by atoms with Crippen molar-refractivity contribution in [3.8, 4) is 5.75 Å². The van der Waals surface area contributed by atoms with Crippen LogP contribution in [0.1, 0.15) is 21.5 Å². The van der Waals surface area contributed by atoms with E-state index in [0.29, 0.717) is 10.8 Å². The van der Waals surface area contributed by atoms with Gasteiger partial charge in [0.25, 0.3) is 5.78 Å². The van der Waals surface area contributed by atoms with Crippen LogP contribution in [-0.2, 0) is 0 Å². The molecule has 197 valence electrons. The summed E-state index contributed by atoms with van der Waals surface area (Å²) in [4.78, 5) is 31.9. The van der Waals surface area contributed by atoms with E-state index in [-0.39, 0.29) is 60.3 Å². The molecule has 3 aromatic heterocycles. The molecule has 39 heavy (non-hydrogen) atoms. The average molecular weight is 668 g/mol. The smallest absolute Gasteiger partial charge is 0.455 e. The van der Waals surface area contributed by atoms with E-state index in [0.717, 1.165) is 11.0 Å². The molecular weight excluding hydrogens is 649 g/mol. The van der Waals surface area contributed by atoms with Gasteiger partial charge in [-0.3, -0.25) is 14.8 Å². The van der Waals surface area contributed by atoms with Crippen LogP contribution in [0.3, 0.4) is 0 Å². The number of hydrogen-bond donors (Lipinski definition) is 1. The van der Waals surface area contributed by atoms with Gasteiger partial charge in [-0.05, 0) is 48.6 Å². The Balaban J connectivity index is 0.000000184. The Morgan fingerprint density at radius 2 is 1.33 bits per heavy atom. The standard InChI is InChI=1S/C15H7F3O4.C14H12N2.Eu/c16-15(17,18)13(20)10-11(19)9-6-5-7-3-1-2-4-8(7)12(9)22-14(10)21;1-9-10(2)12-6-4-8-16-14(12)13-11(9)5-3-7-15-13;/h1-6,19H;3-8H,1-2H3;. The van der Waals surface area contributed by atoms with Gasteiger partial charge < -0.3 is 9.52 Å². The molecule has 0 atom stereocenters. The van der Waals surface area contributed by atoms with Crippen LogP contribution in [0, 0.1) is 63.2 Å². The predicted octanol–water partition coefficient (Wildman–Crippen LogP) is 6.80. The Kier molecular flexibility index (Phi) is 8.21. The zero-order valence-electron chi connectivity index (χ0n) is 20.5. The fraction of sp³-hybridized carbons (Fsp3) is 0.103. The molecule has 3 aromatic carbocycles. The van der Waals surface area contributed by atoms with E-state index in [4.69, 9.17) is 4.42 Å². The summed E-state index contributed by atoms with van der Waals surface area (Å²) in [5, 5.41) is 13.3. The molecule has 0 unspecified atom stereocenters. The van der Waals surface area contributed by atoms with Crippen LogP contribution in [0.5, 0.6) is 5.75 Å². The molecular formula is C29H19EuF3N2O4. The summed E-state index contributed by atoms with van der Waals surface area (Å²) in [6, 6.07) is 17.7. The second-order valence-electron chi connectivity index (χ2n) is 8.65. The molecule has 0 amide bonds. The first-order valence-corrected chi connectivity index (χ1v) is 11.5. The maximum Gasteiger partial charge on any atom is 0.455 e. The summed E-state index contributed by atoms with van der Waals surface area (Å²) in [5.74, 6) is -3.46. The molecule has 0 aliphatic carbocycles. The number of Topliss-reactive ketones (excluding diaryl/α,β-unsaturated/α-hetero) is 1. The topological polar surface area (TPSA) is 93.3 Å². The molecule has 6 rings (SSSR count). The zero-order chi connectivity index (χ0) is 27.2. The fourth-order valence-corrected chi connectivity index (χ4v) is 4.45. The molecule has 0 bridgehead atoms. The molecule has 0 fully saturated rings. The van der Waals surface area contributed by atoms with E-state index in [1.807, 2.05) is 24.5 Å². The molecule has 6 nitrogen and oxygen atoms in total. The van der Waals surface area contributed by atoms with Crippen LogP contribution in [0.2, 0.25) is 0 Å². The van der Waals surface area contributed by atoms with Gasteiger partial charge >= 0.3 is 11.8 Å². The molecule has 0 saturated carbocycles. The van der Waals surface area contributed by atoms with E-state index in [2.05, 4.69) is 35.9 Å². The van der Waals surface area contributed by atoms with Crippen molar-refractivity contribution < 1.29 is 76.9 Å². The molecule has 6 aromatic rings. The van der Waals surface area contributed by atoms with E-state index in [1.54, 1.807) is 30.3 Å². The molecule has 1 radical (unpaired) electrons. The minimum absolute atomic E-state index is 0. The second kappa shape index (κ2) is 11.1. The fourth-order valence-electron chi connectivity index (χ4n) is 4.45. The minimum atomic E-state index is -5.28. The van der Waals surface area contributed by atoms with E-state index in [1.165, 1.54) is 28.0 Å². The number of hydrogen-bond acceptors (Lipinski definition) is 6. The Morgan fingerprint density at radius 3 is 1.90 bits per heavy atom. The number of rotatable bonds is 1. The summed E-state index contributed by atoms with van der Waals surface area (Å²) in [6.07, 6.45) is -1.63. The molecule has 10 heteroatoms. The molecule has 3 heterocycles. The van der Waals surface area contributed by atoms with Gasteiger partial charge in [0, 0.05) is 77.9 Å². The third-order valence-electron chi connectivity index (χ3n) is 6.47. The van der Waals surface area contributed by atoms with Crippen molar-refractivity contribution in [2.24, 2.45) is 0 Å². The summed E-state index contributed by atoms with van der Waals surface area (Å²) < 4.78 is 42.4. The number of carbonyl (C=O) groups is 1. The van der Waals surface area contributed by atoms with Gasteiger partial charge in [-0.2, -0.15) is 13.2 Å². The Morgan fingerprint density at radius 1 is 0.795 bits per heavy atom. The maximum atomic E-state index is 12.5. The number of alkyl halides is 3.